The third-order valence-electron chi connectivity index (χ3n) is 5.33. The van der Waals surface area contributed by atoms with E-state index >= 15 is 0 Å². The Balaban J connectivity index is 1.59. The van der Waals surface area contributed by atoms with Crippen LogP contribution in [0.5, 0.6) is 0 Å². The molecule has 1 saturated heterocycles. The fourth-order valence-electron chi connectivity index (χ4n) is 3.99. The summed E-state index contributed by atoms with van der Waals surface area (Å²) in [6.45, 7) is 0.442. The Kier molecular flexibility index (Phi) is 4.95. The Hall–Kier alpha value is -0.890. The molecule has 0 bridgehead atoms. The summed E-state index contributed by atoms with van der Waals surface area (Å²) in [6, 6.07) is 2.46. The molecule has 0 aromatic rings. The van der Waals surface area contributed by atoms with Crippen molar-refractivity contribution in [3.05, 3.63) is 11.6 Å². The van der Waals surface area contributed by atoms with Crippen LogP contribution in [0.1, 0.15) is 44.9 Å². The lowest BCUT2D eigenvalue weighted by molar-refractivity contribution is 0.0392. The van der Waals surface area contributed by atoms with E-state index in [2.05, 4.69) is 12.1 Å². The highest BCUT2D eigenvalue weighted by molar-refractivity contribution is 5.25. The van der Waals surface area contributed by atoms with Crippen molar-refractivity contribution in [2.45, 2.75) is 63.3 Å². The predicted octanol–water partition coefficient (Wildman–Crippen LogP) is 3.18. The molecule has 0 radical (unpaired) electrons. The van der Waals surface area contributed by atoms with Gasteiger partial charge < -0.3 is 14.2 Å². The van der Waals surface area contributed by atoms with Crippen LogP contribution < -0.4 is 0 Å². The van der Waals surface area contributed by atoms with Gasteiger partial charge >= 0.3 is 0 Å². The minimum Gasteiger partial charge on any atom is -0.381 e. The minimum absolute atomic E-state index is 0.240. The molecule has 4 heteroatoms. The first-order valence-corrected chi connectivity index (χ1v) is 8.18. The number of nitriles is 1. The summed E-state index contributed by atoms with van der Waals surface area (Å²) in [5, 5.41) is 9.51. The van der Waals surface area contributed by atoms with E-state index in [9.17, 15) is 5.26 Å². The van der Waals surface area contributed by atoms with Crippen LogP contribution in [-0.2, 0) is 14.2 Å². The standard InChI is InChI=1S/C17H25NO3/c1-19-15-5-3-13(4-6-15)14(10-18)8-12-2-7-16-17(9-12)21-11-20-16/h8,12-13,15-17H,2-7,9,11H2,1H3/b14-8-/t12-,13?,15?,16+,17+/m0/s1. The molecule has 116 valence electrons. The minimum atomic E-state index is 0.240. The first kappa shape index (κ1) is 15.0. The molecule has 3 aliphatic rings. The van der Waals surface area contributed by atoms with Crippen molar-refractivity contribution in [3.8, 4) is 6.07 Å². The van der Waals surface area contributed by atoms with E-state index in [0.717, 1.165) is 50.5 Å². The highest BCUT2D eigenvalue weighted by atomic mass is 16.7. The van der Waals surface area contributed by atoms with Gasteiger partial charge in [0.25, 0.3) is 0 Å². The zero-order chi connectivity index (χ0) is 14.7. The average molecular weight is 291 g/mol. The number of methoxy groups -OCH3 is 1. The van der Waals surface area contributed by atoms with Crippen LogP contribution in [-0.4, -0.2) is 32.2 Å². The highest BCUT2D eigenvalue weighted by Gasteiger charge is 2.35. The number of nitrogens with zero attached hydrogens (tertiary/aromatic N) is 1. The number of hydrogen-bond donors (Lipinski definition) is 0. The second-order valence-corrected chi connectivity index (χ2v) is 6.54. The van der Waals surface area contributed by atoms with Crippen molar-refractivity contribution in [2.24, 2.45) is 11.8 Å². The van der Waals surface area contributed by atoms with Gasteiger partial charge in [0.15, 0.2) is 0 Å². The Morgan fingerprint density at radius 2 is 1.86 bits per heavy atom. The Morgan fingerprint density at radius 1 is 1.10 bits per heavy atom. The molecule has 0 amide bonds. The number of hydrogen-bond acceptors (Lipinski definition) is 4. The lowest BCUT2D eigenvalue weighted by Crippen LogP contribution is -2.30. The molecule has 3 rings (SSSR count). The lowest BCUT2D eigenvalue weighted by Gasteiger charge is -2.30. The molecule has 1 aliphatic heterocycles. The number of rotatable bonds is 3. The van der Waals surface area contributed by atoms with Gasteiger partial charge in [-0.2, -0.15) is 5.26 Å². The van der Waals surface area contributed by atoms with Gasteiger partial charge in [0.2, 0.25) is 0 Å². The summed E-state index contributed by atoms with van der Waals surface area (Å²) in [7, 11) is 1.79. The largest absolute Gasteiger partial charge is 0.381 e. The normalized spacial score (nSPS) is 40.6. The molecule has 3 fully saturated rings. The van der Waals surface area contributed by atoms with Crippen LogP contribution >= 0.6 is 0 Å². The van der Waals surface area contributed by atoms with Crippen LogP contribution in [0.2, 0.25) is 0 Å². The van der Waals surface area contributed by atoms with Crippen LogP contribution in [0.25, 0.3) is 0 Å². The summed E-state index contributed by atoms with van der Waals surface area (Å²) in [6.07, 6.45) is 10.6. The number of fused-ring (bicyclic) bond motifs is 1. The summed E-state index contributed by atoms with van der Waals surface area (Å²) in [4.78, 5) is 0. The summed E-state index contributed by atoms with van der Waals surface area (Å²) >= 11 is 0. The van der Waals surface area contributed by atoms with Gasteiger partial charge in [0.1, 0.15) is 6.79 Å². The lowest BCUT2D eigenvalue weighted by atomic mass is 9.79. The van der Waals surface area contributed by atoms with E-state index in [1.807, 2.05) is 0 Å². The zero-order valence-electron chi connectivity index (χ0n) is 12.8. The molecular weight excluding hydrogens is 266 g/mol. The van der Waals surface area contributed by atoms with Gasteiger partial charge in [-0.05, 0) is 56.8 Å². The molecule has 3 atom stereocenters. The first-order valence-electron chi connectivity index (χ1n) is 8.18. The highest BCUT2D eigenvalue weighted by Crippen LogP contribution is 2.36. The van der Waals surface area contributed by atoms with Gasteiger partial charge in [-0.1, -0.05) is 6.08 Å². The van der Waals surface area contributed by atoms with E-state index in [1.165, 1.54) is 0 Å². The van der Waals surface area contributed by atoms with Crippen molar-refractivity contribution in [1.82, 2.24) is 0 Å². The molecule has 4 nitrogen and oxygen atoms in total. The third kappa shape index (κ3) is 3.48. The van der Waals surface area contributed by atoms with Gasteiger partial charge in [-0.15, -0.1) is 0 Å². The number of allylic oxidation sites excluding steroid dienone is 2. The van der Waals surface area contributed by atoms with E-state index in [0.29, 0.717) is 24.7 Å². The molecule has 0 N–H and O–H groups in total. The van der Waals surface area contributed by atoms with Gasteiger partial charge in [0.05, 0.1) is 24.4 Å². The van der Waals surface area contributed by atoms with Crippen LogP contribution in [0.3, 0.4) is 0 Å². The van der Waals surface area contributed by atoms with E-state index < -0.39 is 0 Å². The second-order valence-electron chi connectivity index (χ2n) is 6.54. The second kappa shape index (κ2) is 6.91. The smallest absolute Gasteiger partial charge is 0.147 e. The van der Waals surface area contributed by atoms with E-state index in [1.54, 1.807) is 7.11 Å². The molecule has 0 spiro atoms. The van der Waals surface area contributed by atoms with Crippen molar-refractivity contribution in [1.29, 1.82) is 5.26 Å². The van der Waals surface area contributed by atoms with Crippen molar-refractivity contribution in [3.63, 3.8) is 0 Å². The molecule has 2 aliphatic carbocycles. The quantitative estimate of drug-likeness (QED) is 0.749. The summed E-state index contributed by atoms with van der Waals surface area (Å²) in [5.41, 5.74) is 0.993. The van der Waals surface area contributed by atoms with Crippen molar-refractivity contribution < 1.29 is 14.2 Å². The van der Waals surface area contributed by atoms with Crippen molar-refractivity contribution in [2.75, 3.05) is 13.9 Å². The van der Waals surface area contributed by atoms with Crippen molar-refractivity contribution >= 4 is 0 Å². The first-order chi connectivity index (χ1) is 10.3. The Morgan fingerprint density at radius 3 is 2.57 bits per heavy atom. The van der Waals surface area contributed by atoms with Crippen LogP contribution in [0.4, 0.5) is 0 Å². The summed E-state index contributed by atoms with van der Waals surface area (Å²) < 4.78 is 16.6. The van der Waals surface area contributed by atoms with Crippen LogP contribution in [0.15, 0.2) is 11.6 Å². The Bertz CT molecular complexity index is 420. The van der Waals surface area contributed by atoms with Crippen LogP contribution in [0, 0.1) is 23.2 Å². The number of ether oxygens (including phenoxy) is 3. The molecule has 0 aromatic heterocycles. The van der Waals surface area contributed by atoms with E-state index in [-0.39, 0.29) is 12.2 Å². The summed E-state index contributed by atoms with van der Waals surface area (Å²) in [5.74, 6) is 0.905. The molecule has 2 saturated carbocycles. The Labute approximate surface area is 127 Å². The van der Waals surface area contributed by atoms with E-state index in [4.69, 9.17) is 14.2 Å². The maximum absolute atomic E-state index is 9.51. The monoisotopic (exact) mass is 291 g/mol. The van der Waals surface area contributed by atoms with Gasteiger partial charge in [-0.3, -0.25) is 0 Å². The molecule has 1 heterocycles. The average Bonchev–Trinajstić information content (AvgIpc) is 3.00. The van der Waals surface area contributed by atoms with Gasteiger partial charge in [-0.25, -0.2) is 0 Å². The fraction of sp³-hybridized carbons (Fsp3) is 0.824. The maximum Gasteiger partial charge on any atom is 0.147 e. The fourth-order valence-corrected chi connectivity index (χ4v) is 3.99. The maximum atomic E-state index is 9.51. The third-order valence-corrected chi connectivity index (χ3v) is 5.33. The zero-order valence-corrected chi connectivity index (χ0v) is 12.8. The molecular formula is C17H25NO3. The molecule has 0 unspecified atom stereocenters. The molecule has 0 aromatic carbocycles. The molecule has 21 heavy (non-hydrogen) atoms. The predicted molar refractivity (Wildman–Crippen MR) is 78.4 cm³/mol. The van der Waals surface area contributed by atoms with Gasteiger partial charge in [0, 0.05) is 12.7 Å². The topological polar surface area (TPSA) is 51.5 Å². The SMILES string of the molecule is COC1CCC(/C(C#N)=C\[C@@H]2CC[C@H]3OCO[C@@H]3C2)CC1.